The lowest BCUT2D eigenvalue weighted by molar-refractivity contribution is 0.297. The predicted octanol–water partition coefficient (Wildman–Crippen LogP) is 4.30. The number of methoxy groups -OCH3 is 1. The number of rotatable bonds is 5. The van der Waals surface area contributed by atoms with E-state index in [0.717, 1.165) is 12.2 Å². The van der Waals surface area contributed by atoms with Gasteiger partial charge in [-0.05, 0) is 47.4 Å². The molecule has 0 aromatic heterocycles. The van der Waals surface area contributed by atoms with E-state index in [2.05, 4.69) is 52.8 Å². The van der Waals surface area contributed by atoms with Gasteiger partial charge < -0.3 is 10.5 Å². The largest absolute Gasteiger partial charge is 0.496 e. The lowest BCUT2D eigenvalue weighted by Gasteiger charge is -2.32. The molecule has 1 aromatic carbocycles. The summed E-state index contributed by atoms with van der Waals surface area (Å²) < 4.78 is 5.56. The van der Waals surface area contributed by atoms with Gasteiger partial charge in [-0.15, -0.1) is 0 Å². The van der Waals surface area contributed by atoms with Crippen molar-refractivity contribution >= 4 is 0 Å². The molecule has 2 N–H and O–H groups in total. The molecule has 2 nitrogen and oxygen atoms in total. The van der Waals surface area contributed by atoms with Crippen LogP contribution in [0, 0.1) is 5.41 Å². The Balaban J connectivity index is 3.30. The van der Waals surface area contributed by atoms with Gasteiger partial charge in [0, 0.05) is 0 Å². The number of nitrogens with two attached hydrogens (primary N) is 1. The summed E-state index contributed by atoms with van der Waals surface area (Å²) in [6, 6.07) is 6.56. The standard InChI is InChI=1S/C17H29NO/c1-12(2)13-7-8-16(19-6)14(11-13)15(9-10-18)17(3,4)5/h7-8,11-12,15H,9-10,18H2,1-6H3. The van der Waals surface area contributed by atoms with Crippen LogP contribution in [0.5, 0.6) is 5.75 Å². The number of ether oxygens (including phenoxy) is 1. The van der Waals surface area contributed by atoms with Crippen LogP contribution < -0.4 is 10.5 Å². The molecule has 0 bridgehead atoms. The molecule has 0 aliphatic heterocycles. The van der Waals surface area contributed by atoms with E-state index in [9.17, 15) is 0 Å². The molecule has 1 aromatic rings. The van der Waals surface area contributed by atoms with E-state index in [1.54, 1.807) is 7.11 Å². The van der Waals surface area contributed by atoms with Crippen molar-refractivity contribution in [2.24, 2.45) is 11.1 Å². The van der Waals surface area contributed by atoms with Crippen LogP contribution in [0.15, 0.2) is 18.2 Å². The zero-order chi connectivity index (χ0) is 14.6. The first-order valence-electron chi connectivity index (χ1n) is 7.19. The summed E-state index contributed by atoms with van der Waals surface area (Å²) in [6.45, 7) is 12.0. The molecule has 0 fully saturated rings. The molecule has 1 unspecified atom stereocenters. The molecule has 1 atom stereocenters. The molecule has 0 radical (unpaired) electrons. The van der Waals surface area contributed by atoms with Crippen LogP contribution in [0.2, 0.25) is 0 Å². The second-order valence-electron chi connectivity index (χ2n) is 6.65. The lowest BCUT2D eigenvalue weighted by Crippen LogP contribution is -2.22. The van der Waals surface area contributed by atoms with E-state index in [0.29, 0.717) is 18.4 Å². The Labute approximate surface area is 118 Å². The Morgan fingerprint density at radius 1 is 1.21 bits per heavy atom. The zero-order valence-electron chi connectivity index (χ0n) is 13.3. The molecular formula is C17H29NO. The van der Waals surface area contributed by atoms with Gasteiger partial charge in [-0.2, -0.15) is 0 Å². The SMILES string of the molecule is COc1ccc(C(C)C)cc1C(CCN)C(C)(C)C. The van der Waals surface area contributed by atoms with E-state index >= 15 is 0 Å². The van der Waals surface area contributed by atoms with Crippen LogP contribution in [-0.4, -0.2) is 13.7 Å². The second kappa shape index (κ2) is 6.42. The fourth-order valence-electron chi connectivity index (χ4n) is 2.61. The topological polar surface area (TPSA) is 35.2 Å². The van der Waals surface area contributed by atoms with Gasteiger partial charge in [0.1, 0.15) is 5.75 Å². The summed E-state index contributed by atoms with van der Waals surface area (Å²) in [5, 5.41) is 0. The second-order valence-corrected chi connectivity index (χ2v) is 6.65. The minimum absolute atomic E-state index is 0.183. The first-order valence-corrected chi connectivity index (χ1v) is 7.19. The molecule has 0 amide bonds. The molecule has 0 saturated carbocycles. The minimum atomic E-state index is 0.183. The lowest BCUT2D eigenvalue weighted by atomic mass is 9.73. The van der Waals surface area contributed by atoms with E-state index in [4.69, 9.17) is 10.5 Å². The normalized spacial score (nSPS) is 13.7. The third-order valence-electron chi connectivity index (χ3n) is 3.80. The average Bonchev–Trinajstić information content (AvgIpc) is 2.33. The van der Waals surface area contributed by atoms with Gasteiger partial charge in [-0.3, -0.25) is 0 Å². The molecule has 1 rings (SSSR count). The molecule has 0 aliphatic carbocycles. The first-order chi connectivity index (χ1) is 8.81. The fourth-order valence-corrected chi connectivity index (χ4v) is 2.61. The molecule has 0 aliphatic rings. The van der Waals surface area contributed by atoms with Gasteiger partial charge >= 0.3 is 0 Å². The van der Waals surface area contributed by atoms with E-state index in [1.807, 2.05) is 0 Å². The maximum atomic E-state index is 5.81. The summed E-state index contributed by atoms with van der Waals surface area (Å²) in [6.07, 6.45) is 0.988. The Hall–Kier alpha value is -1.02. The van der Waals surface area contributed by atoms with Gasteiger partial charge in [0.15, 0.2) is 0 Å². The van der Waals surface area contributed by atoms with Crippen molar-refractivity contribution < 1.29 is 4.74 Å². The molecule has 0 heterocycles. The van der Waals surface area contributed by atoms with Crippen molar-refractivity contribution in [3.05, 3.63) is 29.3 Å². The van der Waals surface area contributed by atoms with Crippen molar-refractivity contribution in [2.75, 3.05) is 13.7 Å². The highest BCUT2D eigenvalue weighted by atomic mass is 16.5. The molecule has 2 heteroatoms. The number of benzene rings is 1. The third kappa shape index (κ3) is 3.97. The summed E-state index contributed by atoms with van der Waals surface area (Å²) in [5.41, 5.74) is 8.66. The smallest absolute Gasteiger partial charge is 0.122 e. The molecular weight excluding hydrogens is 234 g/mol. The van der Waals surface area contributed by atoms with Crippen molar-refractivity contribution in [3.63, 3.8) is 0 Å². The maximum absolute atomic E-state index is 5.81. The molecule has 108 valence electrons. The molecule has 0 saturated heterocycles. The molecule has 0 spiro atoms. The van der Waals surface area contributed by atoms with E-state index in [1.165, 1.54) is 11.1 Å². The van der Waals surface area contributed by atoms with Gasteiger partial charge in [-0.25, -0.2) is 0 Å². The zero-order valence-corrected chi connectivity index (χ0v) is 13.3. The average molecular weight is 263 g/mol. The highest BCUT2D eigenvalue weighted by Crippen LogP contribution is 2.42. The van der Waals surface area contributed by atoms with Crippen molar-refractivity contribution in [1.82, 2.24) is 0 Å². The monoisotopic (exact) mass is 263 g/mol. The van der Waals surface area contributed by atoms with Crippen molar-refractivity contribution in [1.29, 1.82) is 0 Å². The first kappa shape index (κ1) is 16.0. The van der Waals surface area contributed by atoms with Crippen LogP contribution in [0.1, 0.15) is 64.0 Å². The number of hydrogen-bond donors (Lipinski definition) is 1. The van der Waals surface area contributed by atoms with Crippen LogP contribution in [0.4, 0.5) is 0 Å². The quantitative estimate of drug-likeness (QED) is 0.859. The van der Waals surface area contributed by atoms with Gasteiger partial charge in [0.05, 0.1) is 7.11 Å². The summed E-state index contributed by atoms with van der Waals surface area (Å²) in [4.78, 5) is 0. The Bertz CT molecular complexity index is 404. The van der Waals surface area contributed by atoms with Crippen molar-refractivity contribution in [2.45, 2.75) is 52.9 Å². The van der Waals surface area contributed by atoms with Gasteiger partial charge in [0.25, 0.3) is 0 Å². The van der Waals surface area contributed by atoms with Crippen LogP contribution in [0.3, 0.4) is 0 Å². The van der Waals surface area contributed by atoms with Crippen LogP contribution in [-0.2, 0) is 0 Å². The summed E-state index contributed by atoms with van der Waals surface area (Å²) >= 11 is 0. The fraction of sp³-hybridized carbons (Fsp3) is 0.647. The van der Waals surface area contributed by atoms with Crippen LogP contribution >= 0.6 is 0 Å². The highest BCUT2D eigenvalue weighted by Gasteiger charge is 2.28. The van der Waals surface area contributed by atoms with E-state index < -0.39 is 0 Å². The minimum Gasteiger partial charge on any atom is -0.496 e. The van der Waals surface area contributed by atoms with Gasteiger partial charge in [-0.1, -0.05) is 46.8 Å². The van der Waals surface area contributed by atoms with E-state index in [-0.39, 0.29) is 5.41 Å². The number of hydrogen-bond acceptors (Lipinski definition) is 2. The third-order valence-corrected chi connectivity index (χ3v) is 3.80. The van der Waals surface area contributed by atoms with Crippen molar-refractivity contribution in [3.8, 4) is 5.75 Å². The Morgan fingerprint density at radius 2 is 1.84 bits per heavy atom. The Morgan fingerprint density at radius 3 is 2.26 bits per heavy atom. The summed E-state index contributed by atoms with van der Waals surface area (Å²) in [5.74, 6) is 1.94. The highest BCUT2D eigenvalue weighted by molar-refractivity contribution is 5.41. The summed E-state index contributed by atoms with van der Waals surface area (Å²) in [7, 11) is 1.75. The van der Waals surface area contributed by atoms with Gasteiger partial charge in [0.2, 0.25) is 0 Å². The molecule has 19 heavy (non-hydrogen) atoms. The maximum Gasteiger partial charge on any atom is 0.122 e. The van der Waals surface area contributed by atoms with Crippen LogP contribution in [0.25, 0.3) is 0 Å². The Kier molecular flexibility index (Phi) is 5.42. The predicted molar refractivity (Wildman–Crippen MR) is 83.0 cm³/mol.